The largest absolute Gasteiger partial charge is 0.493 e. The molecule has 0 radical (unpaired) electrons. The van der Waals surface area contributed by atoms with Crippen molar-refractivity contribution in [1.82, 2.24) is 4.98 Å². The van der Waals surface area contributed by atoms with E-state index in [-0.39, 0.29) is 15.0 Å². The molecule has 0 aliphatic carbocycles. The van der Waals surface area contributed by atoms with E-state index in [1.165, 1.54) is 7.11 Å². The Bertz CT molecular complexity index is 357. The maximum atomic E-state index is 12.3. The van der Waals surface area contributed by atoms with Gasteiger partial charge in [-0.15, -0.1) is 0 Å². The molecule has 0 aliphatic heterocycles. The third-order valence-corrected chi connectivity index (χ3v) is 2.27. The summed E-state index contributed by atoms with van der Waals surface area (Å²) in [6.45, 7) is 0. The third-order valence-electron chi connectivity index (χ3n) is 1.53. The van der Waals surface area contributed by atoms with Gasteiger partial charge in [-0.2, -0.15) is 0 Å². The molecule has 6 heteroatoms. The van der Waals surface area contributed by atoms with Crippen LogP contribution in [0.15, 0.2) is 6.07 Å². The van der Waals surface area contributed by atoms with Crippen LogP contribution in [0.25, 0.3) is 0 Å². The van der Waals surface area contributed by atoms with Crippen LogP contribution < -0.4 is 4.74 Å². The molecule has 14 heavy (non-hydrogen) atoms. The van der Waals surface area contributed by atoms with Crippen molar-refractivity contribution in [2.45, 2.75) is 6.43 Å². The second kappa shape index (κ2) is 4.63. The van der Waals surface area contributed by atoms with Gasteiger partial charge in [0.1, 0.15) is 9.39 Å². The minimum absolute atomic E-state index is 0.0854. The van der Waals surface area contributed by atoms with Crippen molar-refractivity contribution in [2.75, 3.05) is 7.11 Å². The van der Waals surface area contributed by atoms with Crippen LogP contribution in [0.3, 0.4) is 0 Å². The summed E-state index contributed by atoms with van der Waals surface area (Å²) in [5.74, 6) is 0.227. The molecule has 0 aromatic carbocycles. The summed E-state index contributed by atoms with van der Waals surface area (Å²) in [6.07, 6.45) is -2.22. The van der Waals surface area contributed by atoms with E-state index < -0.39 is 12.1 Å². The average molecular weight is 313 g/mol. The zero-order chi connectivity index (χ0) is 10.7. The first kappa shape index (κ1) is 11.3. The van der Waals surface area contributed by atoms with E-state index >= 15 is 0 Å². The third kappa shape index (κ3) is 2.17. The van der Waals surface area contributed by atoms with Crippen molar-refractivity contribution in [3.05, 3.63) is 21.0 Å². The molecule has 1 aromatic heterocycles. The molecule has 0 unspecified atom stereocenters. The fourth-order valence-corrected chi connectivity index (χ4v) is 1.75. The van der Waals surface area contributed by atoms with Gasteiger partial charge in [0.15, 0.2) is 12.0 Å². The zero-order valence-electron chi connectivity index (χ0n) is 7.13. The lowest BCUT2D eigenvalue weighted by atomic mass is 10.2. The Labute approximate surface area is 92.6 Å². The quantitative estimate of drug-likeness (QED) is 0.489. The molecule has 1 rings (SSSR count). The second-order valence-electron chi connectivity index (χ2n) is 2.38. The van der Waals surface area contributed by atoms with E-state index in [1.54, 1.807) is 22.6 Å². The molecule has 0 amide bonds. The number of hydrogen-bond donors (Lipinski definition) is 0. The molecule has 1 heterocycles. The van der Waals surface area contributed by atoms with Crippen molar-refractivity contribution in [3.63, 3.8) is 0 Å². The summed E-state index contributed by atoms with van der Waals surface area (Å²) in [4.78, 5) is 14.2. The number of carbonyl (C=O) groups is 1. The molecule has 0 spiro atoms. The van der Waals surface area contributed by atoms with Crippen LogP contribution in [-0.4, -0.2) is 18.4 Å². The first-order valence-corrected chi connectivity index (χ1v) is 4.65. The van der Waals surface area contributed by atoms with Crippen molar-refractivity contribution in [2.24, 2.45) is 0 Å². The first-order chi connectivity index (χ1) is 6.60. The van der Waals surface area contributed by atoms with Gasteiger partial charge in [0.25, 0.3) is 6.43 Å². The summed E-state index contributed by atoms with van der Waals surface area (Å²) >= 11 is 1.74. The highest BCUT2D eigenvalue weighted by Crippen LogP contribution is 2.27. The molecule has 0 aliphatic rings. The van der Waals surface area contributed by atoms with E-state index in [1.807, 2.05) is 0 Å². The Kier molecular flexibility index (Phi) is 3.73. The van der Waals surface area contributed by atoms with Crippen LogP contribution >= 0.6 is 22.6 Å². The van der Waals surface area contributed by atoms with Crippen LogP contribution in [0, 0.1) is 3.70 Å². The Hall–Kier alpha value is -0.790. The molecular weight excluding hydrogens is 307 g/mol. The van der Waals surface area contributed by atoms with Crippen molar-refractivity contribution in [1.29, 1.82) is 0 Å². The fourth-order valence-electron chi connectivity index (χ4n) is 0.942. The summed E-state index contributed by atoms with van der Waals surface area (Å²) < 4.78 is 29.7. The van der Waals surface area contributed by atoms with Gasteiger partial charge < -0.3 is 4.74 Å². The lowest BCUT2D eigenvalue weighted by Gasteiger charge is -2.07. The normalized spacial score (nSPS) is 10.4. The molecular formula is C8H6F2INO2. The molecule has 1 aromatic rings. The van der Waals surface area contributed by atoms with Crippen molar-refractivity contribution < 1.29 is 18.3 Å². The topological polar surface area (TPSA) is 39.2 Å². The van der Waals surface area contributed by atoms with Crippen LogP contribution in [0.1, 0.15) is 22.5 Å². The van der Waals surface area contributed by atoms with Crippen molar-refractivity contribution in [3.8, 4) is 5.75 Å². The highest BCUT2D eigenvalue weighted by atomic mass is 127. The van der Waals surface area contributed by atoms with Crippen LogP contribution in [0.5, 0.6) is 5.75 Å². The summed E-state index contributed by atoms with van der Waals surface area (Å²) in [5, 5.41) is 0. The number of methoxy groups -OCH3 is 1. The number of aldehydes is 1. The molecule has 0 saturated carbocycles. The molecule has 0 bridgehead atoms. The van der Waals surface area contributed by atoms with Crippen molar-refractivity contribution >= 4 is 28.9 Å². The molecule has 76 valence electrons. The number of nitrogens with zero attached hydrogens (tertiary/aromatic N) is 1. The van der Waals surface area contributed by atoms with Gasteiger partial charge in [-0.3, -0.25) is 4.79 Å². The molecule has 0 atom stereocenters. The standard InChI is InChI=1S/C8H6F2INO2/c1-14-6-4(3-13)2-5(7(9)10)12-8(6)11/h2-3,7H,1H3. The Balaban J connectivity index is 3.31. The predicted octanol–water partition coefficient (Wildman–Crippen LogP) is 2.44. The Morgan fingerprint density at radius 1 is 1.64 bits per heavy atom. The average Bonchev–Trinajstić information content (AvgIpc) is 2.16. The maximum absolute atomic E-state index is 12.3. The second-order valence-corrected chi connectivity index (χ2v) is 3.40. The number of halogens is 3. The van der Waals surface area contributed by atoms with E-state index in [0.717, 1.165) is 6.07 Å². The highest BCUT2D eigenvalue weighted by Gasteiger charge is 2.16. The van der Waals surface area contributed by atoms with Gasteiger partial charge in [0.2, 0.25) is 0 Å². The zero-order valence-corrected chi connectivity index (χ0v) is 9.29. The molecule has 0 saturated heterocycles. The van der Waals surface area contributed by atoms with Crippen LogP contribution in [-0.2, 0) is 0 Å². The Morgan fingerprint density at radius 2 is 2.29 bits per heavy atom. The van der Waals surface area contributed by atoms with E-state index in [9.17, 15) is 13.6 Å². The minimum Gasteiger partial charge on any atom is -0.493 e. The number of carbonyl (C=O) groups excluding carboxylic acids is 1. The first-order valence-electron chi connectivity index (χ1n) is 3.58. The minimum atomic E-state index is -2.69. The summed E-state index contributed by atoms with van der Waals surface area (Å²) in [7, 11) is 1.36. The Morgan fingerprint density at radius 3 is 2.71 bits per heavy atom. The maximum Gasteiger partial charge on any atom is 0.280 e. The van der Waals surface area contributed by atoms with Gasteiger partial charge in [-0.1, -0.05) is 0 Å². The van der Waals surface area contributed by atoms with E-state index in [0.29, 0.717) is 6.29 Å². The van der Waals surface area contributed by atoms with Gasteiger partial charge >= 0.3 is 0 Å². The summed E-state index contributed by atoms with van der Waals surface area (Å²) in [6, 6.07) is 1.03. The molecule has 3 nitrogen and oxygen atoms in total. The van der Waals surface area contributed by atoms with Gasteiger partial charge in [-0.05, 0) is 28.7 Å². The fraction of sp³-hybridized carbons (Fsp3) is 0.250. The highest BCUT2D eigenvalue weighted by molar-refractivity contribution is 14.1. The molecule has 0 fully saturated rings. The SMILES string of the molecule is COc1c(C=O)cc(C(F)F)nc1I. The van der Waals surface area contributed by atoms with Crippen LogP contribution in [0.2, 0.25) is 0 Å². The van der Waals surface area contributed by atoms with Gasteiger partial charge in [0, 0.05) is 0 Å². The van der Waals surface area contributed by atoms with Crippen LogP contribution in [0.4, 0.5) is 8.78 Å². The predicted molar refractivity (Wildman–Crippen MR) is 53.9 cm³/mol. The monoisotopic (exact) mass is 313 g/mol. The number of pyridine rings is 1. The lowest BCUT2D eigenvalue weighted by molar-refractivity contribution is 0.111. The lowest BCUT2D eigenvalue weighted by Crippen LogP contribution is -2.00. The number of rotatable bonds is 3. The summed E-state index contributed by atoms with van der Waals surface area (Å²) in [5.41, 5.74) is -0.334. The number of ether oxygens (including phenoxy) is 1. The number of alkyl halides is 2. The van der Waals surface area contributed by atoms with E-state index in [4.69, 9.17) is 4.74 Å². The van der Waals surface area contributed by atoms with Gasteiger partial charge in [-0.25, -0.2) is 13.8 Å². The van der Waals surface area contributed by atoms with E-state index in [2.05, 4.69) is 4.98 Å². The smallest absolute Gasteiger partial charge is 0.280 e. The number of hydrogen-bond acceptors (Lipinski definition) is 3. The van der Waals surface area contributed by atoms with Gasteiger partial charge in [0.05, 0.1) is 12.7 Å². The number of aromatic nitrogens is 1. The molecule has 0 N–H and O–H groups in total.